The molecule has 2 fully saturated rings. The molecule has 0 spiro atoms. The van der Waals surface area contributed by atoms with Crippen LogP contribution in [-0.2, 0) is 33.2 Å². The maximum absolute atomic E-state index is 13.4. The lowest BCUT2D eigenvalue weighted by Gasteiger charge is -2.29. The van der Waals surface area contributed by atoms with Gasteiger partial charge in [-0.1, -0.05) is 46.1 Å². The summed E-state index contributed by atoms with van der Waals surface area (Å²) in [6, 6.07) is 7.47. The van der Waals surface area contributed by atoms with Crippen molar-refractivity contribution in [1.82, 2.24) is 14.6 Å². The Hall–Kier alpha value is -1.81. The lowest BCUT2D eigenvalue weighted by Crippen LogP contribution is -2.53. The average molecular weight is 576 g/mol. The molecular weight excluding hydrogens is 530 g/mol. The number of carbonyl (C=O) groups is 1. The molecule has 0 bridgehead atoms. The van der Waals surface area contributed by atoms with E-state index in [0.717, 1.165) is 29.1 Å². The van der Waals surface area contributed by atoms with E-state index in [-0.39, 0.29) is 16.8 Å². The Morgan fingerprint density at radius 3 is 2.26 bits per heavy atom. The third-order valence-corrected chi connectivity index (χ3v) is 11.1. The minimum atomic E-state index is -3.74. The number of hydrogen-bond donors (Lipinski definition) is 2. The molecule has 216 valence electrons. The monoisotopic (exact) mass is 575 g/mol. The van der Waals surface area contributed by atoms with E-state index in [9.17, 15) is 17.8 Å². The summed E-state index contributed by atoms with van der Waals surface area (Å²) in [5.74, 6) is 1.43. The minimum Gasteiger partial charge on any atom is -0.616 e. The van der Waals surface area contributed by atoms with E-state index in [4.69, 9.17) is 0 Å². The molecule has 2 N–H and O–H groups in total. The van der Waals surface area contributed by atoms with Crippen LogP contribution in [0.1, 0.15) is 95.3 Å². The molecule has 1 amide bonds. The van der Waals surface area contributed by atoms with Gasteiger partial charge in [0.1, 0.15) is 17.5 Å². The Bertz CT molecular complexity index is 1310. The Balaban J connectivity index is 1.79. The summed E-state index contributed by atoms with van der Waals surface area (Å²) in [6.45, 7) is 14.4. The molecule has 2 heterocycles. The van der Waals surface area contributed by atoms with E-state index < -0.39 is 32.2 Å². The van der Waals surface area contributed by atoms with Crippen LogP contribution in [0, 0.1) is 12.8 Å². The highest BCUT2D eigenvalue weighted by Gasteiger charge is 2.34. The molecule has 9 heteroatoms. The third-order valence-electron chi connectivity index (χ3n) is 7.70. The zero-order valence-electron chi connectivity index (χ0n) is 24.5. The van der Waals surface area contributed by atoms with Gasteiger partial charge in [-0.25, -0.2) is 13.1 Å². The molecule has 0 atom stereocenters. The molecule has 4 rings (SSSR count). The van der Waals surface area contributed by atoms with Gasteiger partial charge < -0.3 is 14.4 Å². The maximum Gasteiger partial charge on any atom is 0.253 e. The molecular formula is C30H45N3O4S2. The predicted octanol–water partition coefficient (Wildman–Crippen LogP) is 5.28. The summed E-state index contributed by atoms with van der Waals surface area (Å²) in [5.41, 5.74) is 3.08. The second-order valence-corrected chi connectivity index (χ2v) is 16.6. The van der Waals surface area contributed by atoms with Crippen molar-refractivity contribution in [3.05, 3.63) is 41.1 Å². The molecule has 1 aliphatic carbocycles. The molecule has 1 saturated heterocycles. The van der Waals surface area contributed by atoms with E-state index in [1.807, 2.05) is 66.7 Å². The number of hydrogen-bond acceptors (Lipinski definition) is 4. The highest BCUT2D eigenvalue weighted by molar-refractivity contribution is 7.92. The van der Waals surface area contributed by atoms with Crippen LogP contribution in [0.5, 0.6) is 0 Å². The minimum absolute atomic E-state index is 0.0461. The quantitative estimate of drug-likeness (QED) is 0.439. The number of amides is 1. The summed E-state index contributed by atoms with van der Waals surface area (Å²) < 4.78 is 43.4. The van der Waals surface area contributed by atoms with Gasteiger partial charge in [-0.3, -0.25) is 4.79 Å². The summed E-state index contributed by atoms with van der Waals surface area (Å²) in [4.78, 5) is 13.6. The third kappa shape index (κ3) is 7.10. The van der Waals surface area contributed by atoms with Crippen molar-refractivity contribution >= 4 is 27.1 Å². The first kappa shape index (κ1) is 30.2. The fourth-order valence-electron chi connectivity index (χ4n) is 5.69. The number of benzene rings is 1. The van der Waals surface area contributed by atoms with Crippen LogP contribution in [0.3, 0.4) is 0 Å². The Labute approximate surface area is 237 Å². The van der Waals surface area contributed by atoms with Gasteiger partial charge in [-0.05, 0) is 92.4 Å². The number of rotatable bonds is 7. The van der Waals surface area contributed by atoms with Crippen LogP contribution in [0.15, 0.2) is 29.2 Å². The maximum atomic E-state index is 13.4. The topological polar surface area (TPSA) is 103 Å². The second-order valence-electron chi connectivity index (χ2n) is 13.4. The largest absolute Gasteiger partial charge is 0.616 e. The summed E-state index contributed by atoms with van der Waals surface area (Å²) >= 11 is -0.836. The van der Waals surface area contributed by atoms with Crippen LogP contribution >= 0.6 is 0 Å². The van der Waals surface area contributed by atoms with Gasteiger partial charge in [0.25, 0.3) is 5.91 Å². The molecule has 7 nitrogen and oxygen atoms in total. The van der Waals surface area contributed by atoms with E-state index >= 15 is 0 Å². The molecule has 1 saturated carbocycles. The van der Waals surface area contributed by atoms with Crippen molar-refractivity contribution in [3.8, 4) is 11.3 Å². The van der Waals surface area contributed by atoms with Gasteiger partial charge in [0.15, 0.2) is 0 Å². The Morgan fingerprint density at radius 2 is 1.69 bits per heavy atom. The van der Waals surface area contributed by atoms with Gasteiger partial charge in [-0.2, -0.15) is 0 Å². The normalized spacial score (nSPS) is 21.0. The molecule has 0 unspecified atom stereocenters. The molecule has 1 aromatic carbocycles. The molecule has 2 aliphatic rings. The molecule has 2 aromatic rings. The average Bonchev–Trinajstić information content (AvgIpc) is 3.12. The van der Waals surface area contributed by atoms with Crippen molar-refractivity contribution < 1.29 is 17.8 Å². The molecule has 0 radical (unpaired) electrons. The fraction of sp³-hybridized carbons (Fsp3) is 0.633. The second kappa shape index (κ2) is 11.2. The summed E-state index contributed by atoms with van der Waals surface area (Å²) in [7, 11) is -3.74. The van der Waals surface area contributed by atoms with Crippen molar-refractivity contribution in [2.24, 2.45) is 5.92 Å². The smallest absolute Gasteiger partial charge is 0.253 e. The number of carbonyl (C=O) groups excluding carboxylic acids is 1. The van der Waals surface area contributed by atoms with Gasteiger partial charge in [0.2, 0.25) is 10.0 Å². The highest BCUT2D eigenvalue weighted by atomic mass is 32.2. The van der Waals surface area contributed by atoms with Crippen molar-refractivity contribution in [1.29, 1.82) is 0 Å². The Morgan fingerprint density at radius 1 is 1.05 bits per heavy atom. The Kier molecular flexibility index (Phi) is 8.68. The number of nitrogens with one attached hydrogen (secondary N) is 2. The zero-order chi connectivity index (χ0) is 28.8. The van der Waals surface area contributed by atoms with E-state index in [1.54, 1.807) is 6.07 Å². The first-order valence-corrected chi connectivity index (χ1v) is 17.1. The van der Waals surface area contributed by atoms with Crippen molar-refractivity contribution in [2.75, 3.05) is 11.5 Å². The van der Waals surface area contributed by atoms with Crippen LogP contribution in [0.25, 0.3) is 11.3 Å². The van der Waals surface area contributed by atoms with E-state index in [1.165, 1.54) is 32.1 Å². The standard InChI is InChI=1S/C30H45N3O4S2/c1-20-24(28(34)31-23-18-38(35)19-23)16-26(33(20)17-21-11-9-8-10-12-21)22-13-14-27(25(15-22)29(2,3)4)39(36,37)32-30(5,6)7/h13-16,21,23,32H,8-12,17-19H2,1-7H3,(H,31,34). The van der Waals surface area contributed by atoms with Crippen LogP contribution in [0.4, 0.5) is 0 Å². The molecule has 39 heavy (non-hydrogen) atoms. The SMILES string of the molecule is Cc1c(C(=O)NC2C[S+]([O-])C2)cc(-c2ccc(S(=O)(=O)NC(C)(C)C)c(C(C)(C)C)c2)n1CC1CCCCC1. The number of sulfonamides is 1. The van der Waals surface area contributed by atoms with Crippen LogP contribution < -0.4 is 10.0 Å². The van der Waals surface area contributed by atoms with Crippen molar-refractivity contribution in [3.63, 3.8) is 0 Å². The van der Waals surface area contributed by atoms with E-state index in [2.05, 4.69) is 14.6 Å². The fourth-order valence-corrected chi connectivity index (χ4v) is 8.48. The number of aromatic nitrogens is 1. The first-order valence-electron chi connectivity index (χ1n) is 14.1. The van der Waals surface area contributed by atoms with Gasteiger partial charge in [0.05, 0.1) is 10.5 Å². The van der Waals surface area contributed by atoms with Gasteiger partial charge >= 0.3 is 0 Å². The van der Waals surface area contributed by atoms with Crippen LogP contribution in [0.2, 0.25) is 0 Å². The highest BCUT2D eigenvalue weighted by Crippen LogP contribution is 2.36. The van der Waals surface area contributed by atoms with E-state index in [0.29, 0.717) is 23.0 Å². The van der Waals surface area contributed by atoms with Crippen LogP contribution in [-0.4, -0.2) is 46.5 Å². The zero-order valence-corrected chi connectivity index (χ0v) is 26.2. The van der Waals surface area contributed by atoms with Crippen molar-refractivity contribution in [2.45, 2.75) is 109 Å². The lowest BCUT2D eigenvalue weighted by molar-refractivity contribution is 0.0941. The van der Waals surface area contributed by atoms with Gasteiger partial charge in [-0.15, -0.1) is 0 Å². The van der Waals surface area contributed by atoms with Gasteiger partial charge in [0, 0.05) is 23.5 Å². The first-order chi connectivity index (χ1) is 18.0. The summed E-state index contributed by atoms with van der Waals surface area (Å²) in [6.07, 6.45) is 6.09. The molecule has 1 aliphatic heterocycles. The lowest BCUT2D eigenvalue weighted by atomic mass is 9.85. The number of nitrogens with zero attached hydrogens (tertiary/aromatic N) is 1. The predicted molar refractivity (Wildman–Crippen MR) is 159 cm³/mol. The summed E-state index contributed by atoms with van der Waals surface area (Å²) in [5, 5.41) is 3.05. The molecule has 1 aromatic heterocycles.